The number of benzene rings is 1. The molecule has 2 aromatic rings. The first-order valence-electron chi connectivity index (χ1n) is 5.45. The molecule has 0 saturated carbocycles. The quantitative estimate of drug-likeness (QED) is 0.720. The molecule has 0 fully saturated rings. The topological polar surface area (TPSA) is 38.9 Å². The molecule has 0 radical (unpaired) electrons. The largest absolute Gasteiger partial charge is 0.399 e. The van der Waals surface area contributed by atoms with Gasteiger partial charge in [-0.15, -0.1) is 0 Å². The molecule has 0 aliphatic rings. The molecule has 0 atom stereocenters. The number of nitrogens with two attached hydrogens (primary N) is 1. The molecule has 2 heteroatoms. The summed E-state index contributed by atoms with van der Waals surface area (Å²) in [5, 5.41) is 1.14. The zero-order chi connectivity index (χ0) is 11.3. The smallest absolute Gasteiger partial charge is 0.0725 e. The zero-order valence-corrected chi connectivity index (χ0v) is 9.62. The highest BCUT2D eigenvalue weighted by Gasteiger charge is 1.96. The third-order valence-electron chi connectivity index (χ3n) is 2.14. The van der Waals surface area contributed by atoms with E-state index < -0.39 is 0 Å². The van der Waals surface area contributed by atoms with Crippen LogP contribution in [0.2, 0.25) is 0 Å². The molecule has 15 heavy (non-hydrogen) atoms. The van der Waals surface area contributed by atoms with E-state index >= 15 is 0 Å². The summed E-state index contributed by atoms with van der Waals surface area (Å²) in [7, 11) is 0. The van der Waals surface area contributed by atoms with Gasteiger partial charge in [0.1, 0.15) is 0 Å². The Morgan fingerprint density at radius 1 is 1.13 bits per heavy atom. The van der Waals surface area contributed by atoms with Crippen molar-refractivity contribution in [1.29, 1.82) is 0 Å². The van der Waals surface area contributed by atoms with Gasteiger partial charge in [-0.25, -0.2) is 0 Å². The van der Waals surface area contributed by atoms with Crippen LogP contribution in [-0.4, -0.2) is 4.98 Å². The summed E-state index contributed by atoms with van der Waals surface area (Å²) >= 11 is 0. The highest BCUT2D eigenvalue weighted by Crippen LogP contribution is 2.15. The molecule has 0 unspecified atom stereocenters. The number of anilines is 1. The van der Waals surface area contributed by atoms with Crippen molar-refractivity contribution in [3.05, 3.63) is 36.0 Å². The van der Waals surface area contributed by atoms with Gasteiger partial charge in [0.25, 0.3) is 0 Å². The molecule has 0 spiro atoms. The molecule has 2 nitrogen and oxygen atoms in total. The van der Waals surface area contributed by atoms with Crippen molar-refractivity contribution in [1.82, 2.24) is 4.98 Å². The summed E-state index contributed by atoms with van der Waals surface area (Å²) in [4.78, 5) is 4.47. The fraction of sp³-hybridized carbons (Fsp3) is 0.308. The van der Waals surface area contributed by atoms with Crippen LogP contribution in [0.1, 0.15) is 26.5 Å². The first-order valence-corrected chi connectivity index (χ1v) is 5.45. The molecule has 80 valence electrons. The number of aryl methyl sites for hydroxylation is 1. The number of aromatic nitrogens is 1. The predicted octanol–water partition coefficient (Wildman–Crippen LogP) is 3.41. The lowest BCUT2D eigenvalue weighted by molar-refractivity contribution is 1.06. The normalized spacial score (nSPS) is 9.53. The van der Waals surface area contributed by atoms with Gasteiger partial charge in [0.05, 0.1) is 5.52 Å². The van der Waals surface area contributed by atoms with Crippen LogP contribution in [0.5, 0.6) is 0 Å². The Morgan fingerprint density at radius 3 is 2.47 bits per heavy atom. The minimum Gasteiger partial charge on any atom is -0.399 e. The second kappa shape index (κ2) is 5.35. The average Bonchev–Trinajstić information content (AvgIpc) is 2.30. The molecule has 1 aromatic heterocycles. The maximum absolute atomic E-state index is 5.68. The summed E-state index contributed by atoms with van der Waals surface area (Å²) in [6, 6.07) is 9.94. The first kappa shape index (κ1) is 11.5. The highest BCUT2D eigenvalue weighted by molar-refractivity contribution is 5.81. The number of hydrogen-bond acceptors (Lipinski definition) is 2. The van der Waals surface area contributed by atoms with E-state index in [-0.39, 0.29) is 0 Å². The monoisotopic (exact) mass is 202 g/mol. The van der Waals surface area contributed by atoms with Gasteiger partial charge < -0.3 is 5.73 Å². The molecule has 0 bridgehead atoms. The number of hydrogen-bond donors (Lipinski definition) is 1. The third kappa shape index (κ3) is 2.69. The standard InChI is InChI=1S/C11H12N2.C2H6/c1-2-10-6-4-8-3-5-9(12)7-11(8)13-10;1-2/h3-7H,2,12H2,1H3;1-2H3. The minimum absolute atomic E-state index is 0.772. The lowest BCUT2D eigenvalue weighted by Crippen LogP contribution is -1.89. The SMILES string of the molecule is CC.CCc1ccc2ccc(N)cc2n1. The maximum Gasteiger partial charge on any atom is 0.0725 e. The Hall–Kier alpha value is -1.57. The van der Waals surface area contributed by atoms with Crippen molar-refractivity contribution in [2.45, 2.75) is 27.2 Å². The Kier molecular flexibility index (Phi) is 4.10. The molecular weight excluding hydrogens is 184 g/mol. The molecule has 1 heterocycles. The Morgan fingerprint density at radius 2 is 1.80 bits per heavy atom. The second-order valence-electron chi connectivity index (χ2n) is 3.11. The van der Waals surface area contributed by atoms with Gasteiger partial charge in [-0.3, -0.25) is 4.98 Å². The number of rotatable bonds is 1. The van der Waals surface area contributed by atoms with Gasteiger partial charge >= 0.3 is 0 Å². The van der Waals surface area contributed by atoms with Crippen molar-refractivity contribution in [2.75, 3.05) is 5.73 Å². The maximum atomic E-state index is 5.68. The summed E-state index contributed by atoms with van der Waals surface area (Å²) < 4.78 is 0. The fourth-order valence-electron chi connectivity index (χ4n) is 1.37. The number of nitrogen functional groups attached to an aromatic ring is 1. The molecule has 2 rings (SSSR count). The van der Waals surface area contributed by atoms with E-state index in [1.165, 1.54) is 0 Å². The van der Waals surface area contributed by atoms with Gasteiger partial charge in [-0.05, 0) is 24.6 Å². The number of nitrogens with zero attached hydrogens (tertiary/aromatic N) is 1. The van der Waals surface area contributed by atoms with Gasteiger partial charge in [0.2, 0.25) is 0 Å². The van der Waals surface area contributed by atoms with Crippen LogP contribution in [-0.2, 0) is 6.42 Å². The van der Waals surface area contributed by atoms with Crippen molar-refractivity contribution in [2.24, 2.45) is 0 Å². The van der Waals surface area contributed by atoms with Crippen molar-refractivity contribution >= 4 is 16.6 Å². The Bertz CT molecular complexity index is 435. The molecule has 0 amide bonds. The molecule has 2 N–H and O–H groups in total. The number of pyridine rings is 1. The van der Waals surface area contributed by atoms with Crippen LogP contribution in [0.15, 0.2) is 30.3 Å². The van der Waals surface area contributed by atoms with E-state index in [1.807, 2.05) is 32.0 Å². The van der Waals surface area contributed by atoms with Crippen LogP contribution < -0.4 is 5.73 Å². The fourth-order valence-corrected chi connectivity index (χ4v) is 1.37. The number of fused-ring (bicyclic) bond motifs is 1. The molecule has 0 aliphatic heterocycles. The Labute approximate surface area is 91.1 Å². The van der Waals surface area contributed by atoms with E-state index in [9.17, 15) is 0 Å². The van der Waals surface area contributed by atoms with Crippen molar-refractivity contribution in [3.8, 4) is 0 Å². The Balaban J connectivity index is 0.000000531. The van der Waals surface area contributed by atoms with Crippen LogP contribution in [0.3, 0.4) is 0 Å². The summed E-state index contributed by atoms with van der Waals surface area (Å²) in [6.07, 6.45) is 0.963. The molecular formula is C13H18N2. The predicted molar refractivity (Wildman–Crippen MR) is 66.9 cm³/mol. The summed E-state index contributed by atoms with van der Waals surface area (Å²) in [6.45, 7) is 6.10. The lowest BCUT2D eigenvalue weighted by atomic mass is 10.2. The molecule has 0 aliphatic carbocycles. The van der Waals surface area contributed by atoms with E-state index in [0.717, 1.165) is 28.7 Å². The van der Waals surface area contributed by atoms with Gasteiger partial charge in [0, 0.05) is 16.8 Å². The van der Waals surface area contributed by atoms with Crippen molar-refractivity contribution < 1.29 is 0 Å². The first-order chi connectivity index (χ1) is 7.29. The average molecular weight is 202 g/mol. The van der Waals surface area contributed by atoms with Crippen molar-refractivity contribution in [3.63, 3.8) is 0 Å². The second-order valence-corrected chi connectivity index (χ2v) is 3.11. The zero-order valence-electron chi connectivity index (χ0n) is 9.62. The molecule has 0 saturated heterocycles. The lowest BCUT2D eigenvalue weighted by Gasteiger charge is -2.00. The van der Waals surface area contributed by atoms with E-state index in [2.05, 4.69) is 24.0 Å². The minimum atomic E-state index is 0.772. The highest BCUT2D eigenvalue weighted by atomic mass is 14.7. The van der Waals surface area contributed by atoms with Gasteiger partial charge in [0.15, 0.2) is 0 Å². The third-order valence-corrected chi connectivity index (χ3v) is 2.14. The van der Waals surface area contributed by atoms with Crippen LogP contribution in [0.25, 0.3) is 10.9 Å². The van der Waals surface area contributed by atoms with Crippen LogP contribution in [0, 0.1) is 0 Å². The van der Waals surface area contributed by atoms with E-state index in [1.54, 1.807) is 0 Å². The van der Waals surface area contributed by atoms with Gasteiger partial charge in [-0.2, -0.15) is 0 Å². The van der Waals surface area contributed by atoms with E-state index in [4.69, 9.17) is 5.73 Å². The summed E-state index contributed by atoms with van der Waals surface area (Å²) in [5.74, 6) is 0. The van der Waals surface area contributed by atoms with Gasteiger partial charge in [-0.1, -0.05) is 32.9 Å². The van der Waals surface area contributed by atoms with E-state index in [0.29, 0.717) is 0 Å². The van der Waals surface area contributed by atoms with Crippen LogP contribution >= 0.6 is 0 Å². The molecule has 1 aromatic carbocycles. The summed E-state index contributed by atoms with van der Waals surface area (Å²) in [5.41, 5.74) is 8.54. The van der Waals surface area contributed by atoms with Crippen LogP contribution in [0.4, 0.5) is 5.69 Å².